The third-order valence-electron chi connectivity index (χ3n) is 11.9. The SMILES string of the molecule is C[C@]1(COCCOCc2ccc3ccc4cccc5ccc2c3c45)COCCOC[C@@](C)(COCCOCc2ccc3ccc4cccc5ccc2c3c45)OCCOCCO1. The molecule has 9 rings (SSSR count). The molecule has 0 aromatic heterocycles. The van der Waals surface area contributed by atoms with Crippen LogP contribution in [0.15, 0.2) is 109 Å². The van der Waals surface area contributed by atoms with E-state index in [1.54, 1.807) is 0 Å². The molecular weight excluding hydrogens is 769 g/mol. The van der Waals surface area contributed by atoms with Crippen LogP contribution in [0.25, 0.3) is 64.6 Å². The molecule has 1 saturated heterocycles. The van der Waals surface area contributed by atoms with E-state index in [1.807, 2.05) is 13.8 Å². The largest absolute Gasteiger partial charge is 0.377 e. The molecule has 0 amide bonds. The van der Waals surface area contributed by atoms with Gasteiger partial charge < -0.3 is 42.6 Å². The van der Waals surface area contributed by atoms with Crippen molar-refractivity contribution < 1.29 is 42.6 Å². The van der Waals surface area contributed by atoms with Crippen LogP contribution in [0.1, 0.15) is 25.0 Å². The monoisotopic (exact) mass is 824 g/mol. The Bertz CT molecular complexity index is 2450. The molecule has 8 aromatic carbocycles. The number of ether oxygens (including phenoxy) is 9. The second-order valence-electron chi connectivity index (χ2n) is 16.7. The van der Waals surface area contributed by atoms with Gasteiger partial charge in [0.2, 0.25) is 0 Å². The molecule has 0 aliphatic carbocycles. The zero-order valence-electron chi connectivity index (χ0n) is 35.4. The summed E-state index contributed by atoms with van der Waals surface area (Å²) in [4.78, 5) is 0. The Balaban J connectivity index is 0.692. The maximum absolute atomic E-state index is 6.26. The summed E-state index contributed by atoms with van der Waals surface area (Å²) in [6.45, 7) is 10.7. The van der Waals surface area contributed by atoms with Gasteiger partial charge in [-0.1, -0.05) is 109 Å². The zero-order valence-corrected chi connectivity index (χ0v) is 35.4. The molecule has 61 heavy (non-hydrogen) atoms. The molecule has 2 atom stereocenters. The van der Waals surface area contributed by atoms with Gasteiger partial charge in [0, 0.05) is 0 Å². The first-order valence-electron chi connectivity index (χ1n) is 21.6. The van der Waals surface area contributed by atoms with Crippen molar-refractivity contribution in [2.75, 3.05) is 92.5 Å². The van der Waals surface area contributed by atoms with Gasteiger partial charge in [0.05, 0.1) is 106 Å². The quantitative estimate of drug-likeness (QED) is 0.0787. The first-order chi connectivity index (χ1) is 30.0. The molecule has 0 radical (unpaired) electrons. The number of hydrogen-bond acceptors (Lipinski definition) is 9. The summed E-state index contributed by atoms with van der Waals surface area (Å²) in [5.74, 6) is 0. The fourth-order valence-electron chi connectivity index (χ4n) is 8.76. The molecular formula is C52H56O9. The van der Waals surface area contributed by atoms with E-state index in [2.05, 4.69) is 109 Å². The van der Waals surface area contributed by atoms with Gasteiger partial charge in [-0.3, -0.25) is 0 Å². The molecule has 0 bridgehead atoms. The molecule has 0 spiro atoms. The van der Waals surface area contributed by atoms with E-state index in [4.69, 9.17) is 42.6 Å². The molecule has 1 aliphatic rings. The third-order valence-corrected chi connectivity index (χ3v) is 11.9. The van der Waals surface area contributed by atoms with E-state index < -0.39 is 11.2 Å². The van der Waals surface area contributed by atoms with Crippen molar-refractivity contribution in [2.45, 2.75) is 38.3 Å². The van der Waals surface area contributed by atoms with Crippen LogP contribution in [0.3, 0.4) is 0 Å². The molecule has 9 heteroatoms. The first kappa shape index (κ1) is 41.8. The number of benzene rings is 8. The highest BCUT2D eigenvalue weighted by molar-refractivity contribution is 6.24. The minimum Gasteiger partial charge on any atom is -0.377 e. The molecule has 0 saturated carbocycles. The molecule has 318 valence electrons. The third kappa shape index (κ3) is 9.61. The zero-order chi connectivity index (χ0) is 41.5. The smallest absolute Gasteiger partial charge is 0.112 e. The highest BCUT2D eigenvalue weighted by Crippen LogP contribution is 2.37. The average Bonchev–Trinajstić information content (AvgIpc) is 3.29. The lowest BCUT2D eigenvalue weighted by Crippen LogP contribution is -2.41. The van der Waals surface area contributed by atoms with Crippen molar-refractivity contribution in [3.63, 3.8) is 0 Å². The fourth-order valence-corrected chi connectivity index (χ4v) is 8.76. The van der Waals surface area contributed by atoms with Crippen LogP contribution < -0.4 is 0 Å². The topological polar surface area (TPSA) is 83.1 Å². The van der Waals surface area contributed by atoms with Crippen LogP contribution in [0, 0.1) is 0 Å². The van der Waals surface area contributed by atoms with Crippen molar-refractivity contribution in [3.8, 4) is 0 Å². The highest BCUT2D eigenvalue weighted by atomic mass is 16.6. The van der Waals surface area contributed by atoms with Gasteiger partial charge in [-0.05, 0) is 89.6 Å². The van der Waals surface area contributed by atoms with Gasteiger partial charge >= 0.3 is 0 Å². The second-order valence-corrected chi connectivity index (χ2v) is 16.7. The predicted octanol–water partition coefficient (Wildman–Crippen LogP) is 9.86. The Morgan fingerprint density at radius 3 is 1.20 bits per heavy atom. The summed E-state index contributed by atoms with van der Waals surface area (Å²) in [5, 5.41) is 15.3. The normalized spacial score (nSPS) is 20.4. The molecule has 9 nitrogen and oxygen atoms in total. The summed E-state index contributed by atoms with van der Waals surface area (Å²) in [6, 6.07) is 39.4. The van der Waals surface area contributed by atoms with Crippen LogP contribution in [0.2, 0.25) is 0 Å². The lowest BCUT2D eigenvalue weighted by Gasteiger charge is -2.30. The Morgan fingerprint density at radius 2 is 0.754 bits per heavy atom. The second kappa shape index (κ2) is 19.3. The van der Waals surface area contributed by atoms with Gasteiger partial charge in [0.25, 0.3) is 0 Å². The lowest BCUT2D eigenvalue weighted by atomic mass is 9.92. The summed E-state index contributed by atoms with van der Waals surface area (Å²) in [6.07, 6.45) is 0. The highest BCUT2D eigenvalue weighted by Gasteiger charge is 2.28. The van der Waals surface area contributed by atoms with Crippen molar-refractivity contribution >= 4 is 64.6 Å². The summed E-state index contributed by atoms with van der Waals surface area (Å²) >= 11 is 0. The summed E-state index contributed by atoms with van der Waals surface area (Å²) < 4.78 is 54.9. The van der Waals surface area contributed by atoms with E-state index in [0.717, 1.165) is 0 Å². The van der Waals surface area contributed by atoms with Crippen LogP contribution >= 0.6 is 0 Å². The van der Waals surface area contributed by atoms with Gasteiger partial charge in [0.15, 0.2) is 0 Å². The maximum atomic E-state index is 6.26. The van der Waals surface area contributed by atoms with E-state index in [1.165, 1.54) is 75.8 Å². The average molecular weight is 825 g/mol. The van der Waals surface area contributed by atoms with Crippen LogP contribution in [0.5, 0.6) is 0 Å². The Labute approximate surface area is 357 Å². The van der Waals surface area contributed by atoms with E-state index in [0.29, 0.717) is 106 Å². The molecule has 0 unspecified atom stereocenters. The predicted molar refractivity (Wildman–Crippen MR) is 242 cm³/mol. The fraction of sp³-hybridized carbons (Fsp3) is 0.385. The van der Waals surface area contributed by atoms with Crippen molar-refractivity contribution in [3.05, 3.63) is 120 Å². The Kier molecular flexibility index (Phi) is 13.2. The number of rotatable bonds is 14. The Hall–Kier alpha value is -4.52. The van der Waals surface area contributed by atoms with Crippen LogP contribution in [0.4, 0.5) is 0 Å². The Morgan fingerprint density at radius 1 is 0.393 bits per heavy atom. The molecule has 1 fully saturated rings. The van der Waals surface area contributed by atoms with Crippen molar-refractivity contribution in [1.82, 2.24) is 0 Å². The lowest BCUT2D eigenvalue weighted by molar-refractivity contribution is -0.141. The molecule has 8 aromatic rings. The van der Waals surface area contributed by atoms with Gasteiger partial charge in [-0.15, -0.1) is 0 Å². The molecule has 0 N–H and O–H groups in total. The summed E-state index contributed by atoms with van der Waals surface area (Å²) in [7, 11) is 0. The van der Waals surface area contributed by atoms with Gasteiger partial charge in [0.1, 0.15) is 11.2 Å². The van der Waals surface area contributed by atoms with Crippen molar-refractivity contribution in [2.24, 2.45) is 0 Å². The van der Waals surface area contributed by atoms with Crippen molar-refractivity contribution in [1.29, 1.82) is 0 Å². The van der Waals surface area contributed by atoms with Gasteiger partial charge in [-0.25, -0.2) is 0 Å². The minimum absolute atomic E-state index is 0.353. The van der Waals surface area contributed by atoms with Gasteiger partial charge in [-0.2, -0.15) is 0 Å². The number of hydrogen-bond donors (Lipinski definition) is 0. The van der Waals surface area contributed by atoms with E-state index in [9.17, 15) is 0 Å². The molecule has 1 heterocycles. The minimum atomic E-state index is -0.656. The van der Waals surface area contributed by atoms with E-state index >= 15 is 0 Å². The molecule has 1 aliphatic heterocycles. The van der Waals surface area contributed by atoms with Crippen LogP contribution in [-0.2, 0) is 55.8 Å². The maximum Gasteiger partial charge on any atom is 0.112 e. The van der Waals surface area contributed by atoms with E-state index in [-0.39, 0.29) is 0 Å². The first-order valence-corrected chi connectivity index (χ1v) is 21.6. The van der Waals surface area contributed by atoms with Crippen LogP contribution in [-0.4, -0.2) is 104 Å². The summed E-state index contributed by atoms with van der Waals surface area (Å²) in [5.41, 5.74) is 1.04. The standard InChI is InChI=1S/C52H56O9/c1-51(33-56-23-21-54-31-43-15-13-41-11-9-37-5-3-7-39-17-19-45(43)49(41)47(37)39)35-58-25-26-59-36-52(2,61-30-28-53-27-29-60-51)34-57-24-22-55-32-44-16-14-42-12-10-38-6-4-8-40-18-20-46(44)50(42)48(38)40/h3-20H,21-36H2,1-2H3/t51-,52+.